The summed E-state index contributed by atoms with van der Waals surface area (Å²) in [5.41, 5.74) is -1.35. The van der Waals surface area contributed by atoms with Crippen LogP contribution in [0.3, 0.4) is 0 Å². The van der Waals surface area contributed by atoms with Crippen molar-refractivity contribution in [3.8, 4) is 5.75 Å². The third kappa shape index (κ3) is 7.18. The highest BCUT2D eigenvalue weighted by Crippen LogP contribution is 2.41. The zero-order valence-electron chi connectivity index (χ0n) is 17.7. The van der Waals surface area contributed by atoms with E-state index in [1.54, 1.807) is 38.1 Å². The monoisotopic (exact) mass is 464 g/mol. The molecule has 0 aliphatic heterocycles. The fourth-order valence-electron chi connectivity index (χ4n) is 3.71. The maximum Gasteiger partial charge on any atom is 0.211 e. The predicted octanol–water partition coefficient (Wildman–Crippen LogP) is 2.83. The second-order valence-corrected chi connectivity index (χ2v) is 11.5. The molecule has 1 aromatic rings. The lowest BCUT2D eigenvalue weighted by molar-refractivity contribution is 0.0713. The second-order valence-electron chi connectivity index (χ2n) is 7.68. The number of hydrogen-bond donors (Lipinski definition) is 2. The molecule has 0 heterocycles. The van der Waals surface area contributed by atoms with Crippen molar-refractivity contribution in [3.63, 3.8) is 0 Å². The van der Waals surface area contributed by atoms with Crippen LogP contribution in [0.5, 0.6) is 5.75 Å². The molecule has 2 unspecified atom stereocenters. The van der Waals surface area contributed by atoms with Gasteiger partial charge >= 0.3 is 0 Å². The maximum atomic E-state index is 15.9. The Morgan fingerprint density at radius 2 is 1.67 bits per heavy atom. The Morgan fingerprint density at radius 3 is 2.30 bits per heavy atom. The van der Waals surface area contributed by atoms with Crippen LogP contribution in [-0.2, 0) is 25.7 Å². The fourth-order valence-corrected chi connectivity index (χ4v) is 6.18. The molecule has 2 N–H and O–H groups in total. The predicted molar refractivity (Wildman–Crippen MR) is 116 cm³/mol. The van der Waals surface area contributed by atoms with Crippen molar-refractivity contribution in [2.45, 2.75) is 64.1 Å². The Labute approximate surface area is 179 Å². The van der Waals surface area contributed by atoms with Gasteiger partial charge in [0.15, 0.2) is 5.67 Å². The van der Waals surface area contributed by atoms with Gasteiger partial charge in [0.1, 0.15) is 12.4 Å². The first kappa shape index (κ1) is 25.0. The van der Waals surface area contributed by atoms with Gasteiger partial charge in [-0.25, -0.2) is 30.7 Å². The standard InChI is InChI=1S/C20H33FN2O5S2/c1-3-15-29(24,25)22-13-14-28-18-10-8-17(9-11-18)20(21)12-6-5-7-19(20)23-30(26,27)16-4-2/h8-11,19,22-23H,3-7,12-16H2,1-2H3. The van der Waals surface area contributed by atoms with Gasteiger partial charge in [-0.1, -0.05) is 32.4 Å². The van der Waals surface area contributed by atoms with E-state index in [0.717, 1.165) is 6.42 Å². The molecule has 0 aromatic heterocycles. The highest BCUT2D eigenvalue weighted by atomic mass is 32.2. The van der Waals surface area contributed by atoms with Gasteiger partial charge in [0.25, 0.3) is 0 Å². The Hall–Kier alpha value is -1.23. The minimum absolute atomic E-state index is 0.0195. The summed E-state index contributed by atoms with van der Waals surface area (Å²) < 4.78 is 74.1. The van der Waals surface area contributed by atoms with Crippen LogP contribution >= 0.6 is 0 Å². The van der Waals surface area contributed by atoms with E-state index in [2.05, 4.69) is 9.44 Å². The first-order valence-electron chi connectivity index (χ1n) is 10.5. The minimum Gasteiger partial charge on any atom is -0.492 e. The third-order valence-electron chi connectivity index (χ3n) is 5.13. The molecule has 30 heavy (non-hydrogen) atoms. The van der Waals surface area contributed by atoms with E-state index in [1.807, 2.05) is 0 Å². The lowest BCUT2D eigenvalue weighted by Crippen LogP contribution is -2.50. The smallest absolute Gasteiger partial charge is 0.211 e. The molecule has 1 aliphatic rings. The van der Waals surface area contributed by atoms with Crippen molar-refractivity contribution in [2.24, 2.45) is 0 Å². The quantitative estimate of drug-likeness (QED) is 0.463. The Balaban J connectivity index is 2.00. The van der Waals surface area contributed by atoms with E-state index in [-0.39, 0.29) is 31.1 Å². The number of hydrogen-bond acceptors (Lipinski definition) is 5. The van der Waals surface area contributed by atoms with E-state index in [1.165, 1.54) is 0 Å². The average Bonchev–Trinajstić information content (AvgIpc) is 2.67. The molecule has 1 fully saturated rings. The summed E-state index contributed by atoms with van der Waals surface area (Å²) in [4.78, 5) is 0. The number of halogens is 1. The van der Waals surface area contributed by atoms with E-state index in [4.69, 9.17) is 4.74 Å². The topological polar surface area (TPSA) is 102 Å². The molecule has 7 nitrogen and oxygen atoms in total. The SMILES string of the molecule is CCCS(=O)(=O)NCCOc1ccc(C2(F)CCCCC2NS(=O)(=O)CCC)cc1. The molecule has 0 saturated heterocycles. The first-order valence-corrected chi connectivity index (χ1v) is 13.8. The van der Waals surface area contributed by atoms with Gasteiger partial charge in [-0.3, -0.25) is 0 Å². The van der Waals surface area contributed by atoms with Crippen molar-refractivity contribution in [1.29, 1.82) is 0 Å². The highest BCUT2D eigenvalue weighted by Gasteiger charge is 2.44. The molecule has 2 rings (SSSR count). The molecule has 10 heteroatoms. The molecule has 0 amide bonds. The van der Waals surface area contributed by atoms with Gasteiger partial charge in [0.05, 0.1) is 17.5 Å². The van der Waals surface area contributed by atoms with Gasteiger partial charge in [0, 0.05) is 6.54 Å². The molecule has 172 valence electrons. The zero-order chi connectivity index (χ0) is 22.3. The van der Waals surface area contributed by atoms with Crippen molar-refractivity contribution in [3.05, 3.63) is 29.8 Å². The van der Waals surface area contributed by atoms with Crippen molar-refractivity contribution in [1.82, 2.24) is 9.44 Å². The lowest BCUT2D eigenvalue weighted by atomic mass is 9.77. The van der Waals surface area contributed by atoms with E-state index in [9.17, 15) is 16.8 Å². The summed E-state index contributed by atoms with van der Waals surface area (Å²) in [7, 11) is -6.80. The molecular formula is C20H33FN2O5S2. The van der Waals surface area contributed by atoms with Gasteiger partial charge in [-0.05, 0) is 49.8 Å². The van der Waals surface area contributed by atoms with Crippen LogP contribution in [0.25, 0.3) is 0 Å². The summed E-state index contributed by atoms with van der Waals surface area (Å²) in [6.07, 6.45) is 3.19. The molecule has 2 atom stereocenters. The molecule has 1 aromatic carbocycles. The van der Waals surface area contributed by atoms with E-state index < -0.39 is 31.8 Å². The fraction of sp³-hybridized carbons (Fsp3) is 0.700. The number of nitrogens with one attached hydrogen (secondary N) is 2. The molecule has 0 radical (unpaired) electrons. The van der Waals surface area contributed by atoms with E-state index >= 15 is 4.39 Å². The average molecular weight is 465 g/mol. The number of sulfonamides is 2. The summed E-state index contributed by atoms with van der Waals surface area (Å²) in [6.45, 7) is 3.87. The number of benzene rings is 1. The Kier molecular flexibility index (Phi) is 9.08. The van der Waals surface area contributed by atoms with Crippen molar-refractivity contribution < 1.29 is 26.0 Å². The van der Waals surface area contributed by atoms with Crippen LogP contribution in [-0.4, -0.2) is 47.5 Å². The van der Waals surface area contributed by atoms with Crippen LogP contribution < -0.4 is 14.2 Å². The lowest BCUT2D eigenvalue weighted by Gasteiger charge is -2.38. The number of alkyl halides is 1. The largest absolute Gasteiger partial charge is 0.492 e. The highest BCUT2D eigenvalue weighted by molar-refractivity contribution is 7.89. The zero-order valence-corrected chi connectivity index (χ0v) is 19.3. The van der Waals surface area contributed by atoms with Crippen LogP contribution in [0.15, 0.2) is 24.3 Å². The van der Waals surface area contributed by atoms with Crippen molar-refractivity contribution in [2.75, 3.05) is 24.7 Å². The molecule has 0 bridgehead atoms. The Bertz CT molecular complexity index is 875. The molecule has 1 aliphatic carbocycles. The summed E-state index contributed by atoms with van der Waals surface area (Å²) >= 11 is 0. The molecule has 1 saturated carbocycles. The normalized spacial score (nSPS) is 22.7. The van der Waals surface area contributed by atoms with Crippen LogP contribution in [0, 0.1) is 0 Å². The maximum absolute atomic E-state index is 15.9. The summed E-state index contributed by atoms with van der Waals surface area (Å²) in [6, 6.07) is 5.70. The number of ether oxygens (including phenoxy) is 1. The third-order valence-corrected chi connectivity index (χ3v) is 8.31. The minimum atomic E-state index is -3.52. The molecule has 0 spiro atoms. The van der Waals surface area contributed by atoms with Gasteiger partial charge in [-0.15, -0.1) is 0 Å². The van der Waals surface area contributed by atoms with Crippen LogP contribution in [0.2, 0.25) is 0 Å². The van der Waals surface area contributed by atoms with Gasteiger partial charge in [0.2, 0.25) is 20.0 Å². The molecular weight excluding hydrogens is 431 g/mol. The van der Waals surface area contributed by atoms with Crippen LogP contribution in [0.4, 0.5) is 4.39 Å². The summed E-state index contributed by atoms with van der Waals surface area (Å²) in [5.74, 6) is 0.550. The Morgan fingerprint density at radius 1 is 1.03 bits per heavy atom. The van der Waals surface area contributed by atoms with Crippen LogP contribution in [0.1, 0.15) is 57.9 Å². The van der Waals surface area contributed by atoms with E-state index in [0.29, 0.717) is 37.0 Å². The second kappa shape index (κ2) is 10.9. The summed E-state index contributed by atoms with van der Waals surface area (Å²) in [5, 5.41) is 0. The number of rotatable bonds is 12. The van der Waals surface area contributed by atoms with Gasteiger partial charge in [-0.2, -0.15) is 0 Å². The van der Waals surface area contributed by atoms with Crippen molar-refractivity contribution >= 4 is 20.0 Å². The first-order chi connectivity index (χ1) is 14.1. The van der Waals surface area contributed by atoms with Gasteiger partial charge < -0.3 is 4.74 Å².